The number of rotatable bonds is 38. The number of hydrogen-bond acceptors (Lipinski definition) is 18. The molecule has 4 atom stereocenters. The van der Waals surface area contributed by atoms with Gasteiger partial charge in [0.25, 0.3) is 11.4 Å². The Morgan fingerprint density at radius 3 is 1.34 bits per heavy atom. The molecule has 1 aromatic heterocycles. The number of aryl methyl sites for hydroxylation is 1. The number of nitrogens with zero attached hydrogens (tertiary/aromatic N) is 5. The van der Waals surface area contributed by atoms with Crippen molar-refractivity contribution < 1.29 is 92.7 Å². The monoisotopic (exact) mass is 1080 g/mol. The summed E-state index contributed by atoms with van der Waals surface area (Å²) >= 11 is 0. The molecule has 4 amide bonds. The van der Waals surface area contributed by atoms with Gasteiger partial charge in [-0.1, -0.05) is 5.21 Å². The molecule has 76 heavy (non-hydrogen) atoms. The van der Waals surface area contributed by atoms with Crippen molar-refractivity contribution in [3.05, 3.63) is 68.5 Å². The third-order valence-electron chi connectivity index (χ3n) is 10.9. The Hall–Kier alpha value is -9.13. The van der Waals surface area contributed by atoms with Crippen molar-refractivity contribution in [3.8, 4) is 11.5 Å². The van der Waals surface area contributed by atoms with Crippen LogP contribution in [0.2, 0.25) is 0 Å². The smallest absolute Gasteiger partial charge is 0.326 e. The minimum Gasteiger partial charge on any atom is -0.491 e. The van der Waals surface area contributed by atoms with Crippen molar-refractivity contribution in [1.29, 1.82) is 0 Å². The van der Waals surface area contributed by atoms with Crippen LogP contribution in [0.15, 0.2) is 42.6 Å². The van der Waals surface area contributed by atoms with E-state index in [-0.39, 0.29) is 112 Å². The normalized spacial score (nSPS) is 12.4. The van der Waals surface area contributed by atoms with Crippen LogP contribution < -0.4 is 41.4 Å². The van der Waals surface area contributed by atoms with Crippen LogP contribution in [0.5, 0.6) is 11.5 Å². The van der Waals surface area contributed by atoms with Crippen molar-refractivity contribution in [1.82, 2.24) is 36.3 Å². The van der Waals surface area contributed by atoms with E-state index in [1.165, 1.54) is 47.3 Å². The highest BCUT2D eigenvalue weighted by Gasteiger charge is 2.27. The summed E-state index contributed by atoms with van der Waals surface area (Å²) in [6.45, 7) is -0.878. The van der Waals surface area contributed by atoms with Gasteiger partial charge in [0.05, 0.1) is 22.2 Å². The first-order valence-corrected chi connectivity index (χ1v) is 23.3. The first kappa shape index (κ1) is 61.2. The standard InChI is InChI=1S/C44H58FN11O20/c45-17-5-6-25-22-54(53-52-25)26(23-75-27-9-13-35(55(71)72)33(20-27)46-18-3-1-7-29(39(61)62)48-43(69)50-31(41(65)66)11-15-37(57)58)24-76-28-10-14-36(56(73)74)34(21-28)47-19-4-2-8-30(40(63)64)49-44(70)51-32(42(67)68)12-16-38(59)60/h9-10,13-14,20-22,26,29-32,46-47H,1-8,11-12,15-19,23-24H2,(H,57,58)(H,59,60)(H,61,62)(H,63,64)(H,65,66)(H,67,68)(H2,48,50,69)(H2,49,51,70)/t29-,30-,31-,32-/m0/s1. The topological polar surface area (TPSA) is 466 Å². The number of nitrogens with one attached hydrogen (secondary N) is 6. The average molecular weight is 1080 g/mol. The summed E-state index contributed by atoms with van der Waals surface area (Å²) in [5.41, 5.74) is -0.202. The second-order valence-electron chi connectivity index (χ2n) is 16.6. The average Bonchev–Trinajstić information content (AvgIpc) is 3.83. The summed E-state index contributed by atoms with van der Waals surface area (Å²) in [6.07, 6.45) is 0.421. The molecular formula is C44H58FN11O20. The van der Waals surface area contributed by atoms with Gasteiger partial charge in [0.1, 0.15) is 66.3 Å². The van der Waals surface area contributed by atoms with Gasteiger partial charge in [0.15, 0.2) is 0 Å². The number of ether oxygens (including phenoxy) is 2. The number of carbonyl (C=O) groups is 8. The second-order valence-corrected chi connectivity index (χ2v) is 16.6. The molecule has 12 N–H and O–H groups in total. The van der Waals surface area contributed by atoms with E-state index in [2.05, 4.69) is 31.6 Å². The van der Waals surface area contributed by atoms with Gasteiger partial charge in [-0.25, -0.2) is 33.4 Å². The van der Waals surface area contributed by atoms with Crippen LogP contribution in [0, 0.1) is 20.2 Å². The van der Waals surface area contributed by atoms with Crippen LogP contribution >= 0.6 is 0 Å². The Morgan fingerprint density at radius 1 is 0.592 bits per heavy atom. The molecular weight excluding hydrogens is 1020 g/mol. The zero-order chi connectivity index (χ0) is 56.3. The lowest BCUT2D eigenvalue weighted by atomic mass is 10.1. The van der Waals surface area contributed by atoms with E-state index in [1.807, 2.05) is 10.6 Å². The number of urea groups is 2. The number of amides is 4. The SMILES string of the molecule is O=C(O)CC[C@H](NC(=O)N[C@@H](CCCCNc1cc(OCC(COc2ccc([N+](=O)[O-])c(NCCCC[C@H](NC(=O)N[C@@H](CCC(=O)O)C(=O)O)C(=O)O)c2)n2cc(CCCF)nn2)ccc1[N+](=O)[O-])C(=O)O)C(=O)O. The van der Waals surface area contributed by atoms with Gasteiger partial charge >= 0.3 is 47.9 Å². The Bertz CT molecular complexity index is 2370. The summed E-state index contributed by atoms with van der Waals surface area (Å²) in [4.78, 5) is 115. The predicted octanol–water partition coefficient (Wildman–Crippen LogP) is 3.00. The third-order valence-corrected chi connectivity index (χ3v) is 10.9. The number of carbonyl (C=O) groups excluding carboxylic acids is 2. The first-order chi connectivity index (χ1) is 36.1. The molecule has 0 aliphatic rings. The number of alkyl halides is 1. The van der Waals surface area contributed by atoms with Gasteiger partial charge in [-0.15, -0.1) is 5.10 Å². The molecule has 416 valence electrons. The number of aromatic nitrogens is 3. The zero-order valence-corrected chi connectivity index (χ0v) is 40.5. The lowest BCUT2D eigenvalue weighted by molar-refractivity contribution is -0.384. The van der Waals surface area contributed by atoms with Crippen LogP contribution in [0.25, 0.3) is 0 Å². The number of carboxylic acid groups (broad SMARTS) is 6. The summed E-state index contributed by atoms with van der Waals surface area (Å²) in [7, 11) is 0. The Labute approximate surface area is 429 Å². The van der Waals surface area contributed by atoms with Gasteiger partial charge < -0.3 is 72.0 Å². The van der Waals surface area contributed by atoms with E-state index in [9.17, 15) is 83.4 Å². The largest absolute Gasteiger partial charge is 0.491 e. The van der Waals surface area contributed by atoms with Crippen molar-refractivity contribution in [2.45, 2.75) is 107 Å². The molecule has 2 aromatic carbocycles. The number of anilines is 2. The minimum atomic E-state index is -1.59. The summed E-state index contributed by atoms with van der Waals surface area (Å²) in [6, 6.07) is -1.52. The highest BCUT2D eigenvalue weighted by Crippen LogP contribution is 2.31. The fraction of sp³-hybridized carbons (Fsp3) is 0.500. The van der Waals surface area contributed by atoms with Crippen LogP contribution in [-0.2, 0) is 35.2 Å². The summed E-state index contributed by atoms with van der Waals surface area (Å²) in [5, 5.41) is 102. The molecule has 31 nitrogen and oxygen atoms in total. The molecule has 0 aliphatic carbocycles. The van der Waals surface area contributed by atoms with E-state index in [1.54, 1.807) is 0 Å². The number of carboxylic acids is 6. The fourth-order valence-electron chi connectivity index (χ4n) is 6.93. The van der Waals surface area contributed by atoms with Crippen LogP contribution in [-0.4, -0.2) is 161 Å². The molecule has 0 spiro atoms. The Kier molecular flexibility index (Phi) is 25.3. The molecule has 0 unspecified atom stereocenters. The van der Waals surface area contributed by atoms with Gasteiger partial charge in [0.2, 0.25) is 0 Å². The lowest BCUT2D eigenvalue weighted by Gasteiger charge is -2.19. The maximum absolute atomic E-state index is 13.0. The molecule has 0 aliphatic heterocycles. The number of aliphatic carboxylic acids is 6. The molecule has 0 bridgehead atoms. The molecule has 32 heteroatoms. The van der Waals surface area contributed by atoms with Gasteiger partial charge in [0, 0.05) is 56.4 Å². The molecule has 0 saturated heterocycles. The maximum atomic E-state index is 13.0. The first-order valence-electron chi connectivity index (χ1n) is 23.3. The summed E-state index contributed by atoms with van der Waals surface area (Å²) < 4.78 is 26.5. The van der Waals surface area contributed by atoms with Crippen molar-refractivity contribution in [3.63, 3.8) is 0 Å². The second kappa shape index (κ2) is 31.5. The molecule has 0 fully saturated rings. The highest BCUT2D eigenvalue weighted by atomic mass is 19.1. The van der Waals surface area contributed by atoms with E-state index >= 15 is 0 Å². The summed E-state index contributed by atoms with van der Waals surface area (Å²) in [5.74, 6) is -8.25. The highest BCUT2D eigenvalue weighted by molar-refractivity contribution is 5.87. The molecule has 1 heterocycles. The predicted molar refractivity (Wildman–Crippen MR) is 258 cm³/mol. The number of hydrogen-bond donors (Lipinski definition) is 12. The van der Waals surface area contributed by atoms with Crippen molar-refractivity contribution in [2.75, 3.05) is 43.6 Å². The fourth-order valence-corrected chi connectivity index (χ4v) is 6.93. The van der Waals surface area contributed by atoms with Gasteiger partial charge in [-0.05, 0) is 76.3 Å². The molecule has 0 saturated carbocycles. The number of unbranched alkanes of at least 4 members (excludes halogenated alkanes) is 2. The van der Waals surface area contributed by atoms with Crippen LogP contribution in [0.1, 0.15) is 82.4 Å². The number of nitro groups is 2. The number of benzene rings is 2. The van der Waals surface area contributed by atoms with E-state index in [4.69, 9.17) is 19.7 Å². The zero-order valence-electron chi connectivity index (χ0n) is 40.5. The Balaban J connectivity index is 1.66. The molecule has 0 radical (unpaired) electrons. The lowest BCUT2D eigenvalue weighted by Crippen LogP contribution is -2.51. The minimum absolute atomic E-state index is 0.0204. The Morgan fingerprint density at radius 2 is 0.987 bits per heavy atom. The van der Waals surface area contributed by atoms with E-state index in [0.717, 1.165) is 0 Å². The van der Waals surface area contributed by atoms with Crippen molar-refractivity contribution in [2.24, 2.45) is 0 Å². The number of halogens is 1. The van der Waals surface area contributed by atoms with E-state index in [0.29, 0.717) is 5.69 Å². The van der Waals surface area contributed by atoms with Gasteiger partial charge in [-0.3, -0.25) is 34.2 Å². The van der Waals surface area contributed by atoms with Crippen molar-refractivity contribution >= 4 is 70.6 Å². The van der Waals surface area contributed by atoms with Crippen LogP contribution in [0.3, 0.4) is 0 Å². The van der Waals surface area contributed by atoms with Gasteiger partial charge in [-0.2, -0.15) is 0 Å². The van der Waals surface area contributed by atoms with E-state index < -0.39 is 120 Å². The molecule has 3 aromatic rings. The third kappa shape index (κ3) is 21.9. The molecule has 3 rings (SSSR count). The van der Waals surface area contributed by atoms with Crippen LogP contribution in [0.4, 0.5) is 36.7 Å². The number of nitro benzene ring substituents is 2. The quantitative estimate of drug-likeness (QED) is 0.0223. The maximum Gasteiger partial charge on any atom is 0.326 e.